The maximum absolute atomic E-state index is 10.1. The molecule has 1 heterocycles. The van der Waals surface area contributed by atoms with Gasteiger partial charge in [-0.05, 0) is 13.8 Å². The summed E-state index contributed by atoms with van der Waals surface area (Å²) in [6, 6.07) is 0. The van der Waals surface area contributed by atoms with E-state index < -0.39 is 0 Å². The van der Waals surface area contributed by atoms with E-state index in [-0.39, 0.29) is 11.8 Å². The van der Waals surface area contributed by atoms with Crippen molar-refractivity contribution in [2.24, 2.45) is 0 Å². The first-order valence-electron chi connectivity index (χ1n) is 2.99. The van der Waals surface area contributed by atoms with E-state index in [4.69, 9.17) is 4.74 Å². The van der Waals surface area contributed by atoms with Gasteiger partial charge in [0.05, 0.1) is 6.61 Å². The van der Waals surface area contributed by atoms with Gasteiger partial charge in [-0.15, -0.1) is 0 Å². The predicted octanol–water partition coefficient (Wildman–Crippen LogP) is -0.0902. The van der Waals surface area contributed by atoms with Crippen LogP contribution in [0.5, 0.6) is 0 Å². The van der Waals surface area contributed by atoms with E-state index in [2.05, 4.69) is 5.32 Å². The Labute approximate surface area is 54.4 Å². The summed E-state index contributed by atoms with van der Waals surface area (Å²) >= 11 is 0. The normalized spacial score (nSPS) is 32.4. The second kappa shape index (κ2) is 2.08. The Bertz CT molecular complexity index is 122. The summed E-state index contributed by atoms with van der Waals surface area (Å²) in [5, 5.41) is 2.99. The topological polar surface area (TPSA) is 38.3 Å². The van der Waals surface area contributed by atoms with Gasteiger partial charge >= 0.3 is 0 Å². The molecule has 1 N–H and O–H groups in total. The molecule has 1 aliphatic heterocycles. The molecular weight excluding hydrogens is 118 g/mol. The highest BCUT2D eigenvalue weighted by atomic mass is 16.5. The van der Waals surface area contributed by atoms with Gasteiger partial charge < -0.3 is 4.74 Å². The maximum Gasteiger partial charge on any atom is 0.165 e. The molecule has 0 radical (unpaired) electrons. The molecule has 0 aliphatic carbocycles. The molecule has 0 aromatic heterocycles. The maximum atomic E-state index is 10.1. The molecule has 3 heteroatoms. The largest absolute Gasteiger partial charge is 0.354 e. The molecule has 9 heavy (non-hydrogen) atoms. The number of nitrogens with one attached hydrogen (secondary N) is 1. The first-order valence-corrected chi connectivity index (χ1v) is 2.99. The molecule has 3 nitrogen and oxygen atoms in total. The Balaban J connectivity index is 2.47. The molecule has 52 valence electrons. The first-order chi connectivity index (χ1) is 4.14. The molecule has 0 aromatic rings. The minimum Gasteiger partial charge on any atom is -0.354 e. The van der Waals surface area contributed by atoms with Crippen LogP contribution in [-0.4, -0.2) is 24.7 Å². The fourth-order valence-corrected chi connectivity index (χ4v) is 0.840. The molecular formula is C6H11NO2. The second-order valence-corrected chi connectivity index (χ2v) is 2.90. The SMILES string of the molecule is CC1(C)COC(C=O)N1. The van der Waals surface area contributed by atoms with E-state index >= 15 is 0 Å². The van der Waals surface area contributed by atoms with Crippen LogP contribution < -0.4 is 5.32 Å². The van der Waals surface area contributed by atoms with Crippen molar-refractivity contribution in [1.82, 2.24) is 5.32 Å². The molecule has 0 aromatic carbocycles. The summed E-state index contributed by atoms with van der Waals surface area (Å²) in [7, 11) is 0. The van der Waals surface area contributed by atoms with E-state index in [1.54, 1.807) is 0 Å². The van der Waals surface area contributed by atoms with E-state index in [0.29, 0.717) is 6.61 Å². The Morgan fingerprint density at radius 1 is 1.78 bits per heavy atom. The van der Waals surface area contributed by atoms with Crippen molar-refractivity contribution < 1.29 is 9.53 Å². The number of ether oxygens (including phenoxy) is 1. The zero-order valence-corrected chi connectivity index (χ0v) is 5.68. The van der Waals surface area contributed by atoms with Crippen LogP contribution in [0.1, 0.15) is 13.8 Å². The van der Waals surface area contributed by atoms with Gasteiger partial charge in [-0.2, -0.15) is 0 Å². The van der Waals surface area contributed by atoms with Gasteiger partial charge in [0.15, 0.2) is 12.5 Å². The van der Waals surface area contributed by atoms with Crippen LogP contribution >= 0.6 is 0 Å². The lowest BCUT2D eigenvalue weighted by atomic mass is 10.1. The summed E-state index contributed by atoms with van der Waals surface area (Å²) in [5.74, 6) is 0. The van der Waals surface area contributed by atoms with Crippen LogP contribution in [0.2, 0.25) is 0 Å². The lowest BCUT2D eigenvalue weighted by Crippen LogP contribution is -2.39. The number of carbonyl (C=O) groups excluding carboxylic acids is 1. The van der Waals surface area contributed by atoms with Gasteiger partial charge in [-0.1, -0.05) is 0 Å². The summed E-state index contributed by atoms with van der Waals surface area (Å²) in [4.78, 5) is 10.1. The summed E-state index contributed by atoms with van der Waals surface area (Å²) in [5.41, 5.74) is -0.0361. The second-order valence-electron chi connectivity index (χ2n) is 2.90. The Kier molecular flexibility index (Phi) is 1.55. The third-order valence-corrected chi connectivity index (χ3v) is 1.28. The van der Waals surface area contributed by atoms with Gasteiger partial charge in [0.1, 0.15) is 0 Å². The summed E-state index contributed by atoms with van der Waals surface area (Å²) in [6.45, 7) is 4.60. The van der Waals surface area contributed by atoms with Gasteiger partial charge in [0.2, 0.25) is 0 Å². The van der Waals surface area contributed by atoms with Crippen molar-refractivity contribution in [2.45, 2.75) is 25.6 Å². The fraction of sp³-hybridized carbons (Fsp3) is 0.833. The lowest BCUT2D eigenvalue weighted by molar-refractivity contribution is -0.116. The molecule has 0 saturated carbocycles. The van der Waals surface area contributed by atoms with Crippen LogP contribution in [0, 0.1) is 0 Å². The van der Waals surface area contributed by atoms with Crippen LogP contribution in [0.25, 0.3) is 0 Å². The molecule has 1 fully saturated rings. The van der Waals surface area contributed by atoms with Crippen LogP contribution in [0.15, 0.2) is 0 Å². The minimum absolute atomic E-state index is 0.0361. The summed E-state index contributed by atoms with van der Waals surface area (Å²) in [6.07, 6.45) is 0.384. The third-order valence-electron chi connectivity index (χ3n) is 1.28. The van der Waals surface area contributed by atoms with Gasteiger partial charge in [-0.25, -0.2) is 0 Å². The van der Waals surface area contributed by atoms with Crippen molar-refractivity contribution in [3.8, 4) is 0 Å². The van der Waals surface area contributed by atoms with E-state index in [1.165, 1.54) is 0 Å². The fourth-order valence-electron chi connectivity index (χ4n) is 0.840. The first kappa shape index (κ1) is 6.71. The number of hydrogen-bond acceptors (Lipinski definition) is 3. The van der Waals surface area contributed by atoms with Gasteiger partial charge in [-0.3, -0.25) is 10.1 Å². The molecule has 1 unspecified atom stereocenters. The van der Waals surface area contributed by atoms with E-state index in [1.807, 2.05) is 13.8 Å². The molecule has 1 atom stereocenters. The minimum atomic E-state index is -0.389. The zero-order valence-electron chi connectivity index (χ0n) is 5.68. The van der Waals surface area contributed by atoms with Gasteiger partial charge in [0, 0.05) is 5.54 Å². The van der Waals surface area contributed by atoms with Crippen molar-refractivity contribution >= 4 is 6.29 Å². The highest BCUT2D eigenvalue weighted by Gasteiger charge is 2.29. The zero-order chi connectivity index (χ0) is 6.91. The van der Waals surface area contributed by atoms with Crippen LogP contribution in [0.4, 0.5) is 0 Å². The number of rotatable bonds is 1. The van der Waals surface area contributed by atoms with Crippen LogP contribution in [0.3, 0.4) is 0 Å². The van der Waals surface area contributed by atoms with Crippen molar-refractivity contribution in [2.75, 3.05) is 6.61 Å². The number of carbonyl (C=O) groups is 1. The average Bonchev–Trinajstić information content (AvgIpc) is 2.10. The average molecular weight is 129 g/mol. The quantitative estimate of drug-likeness (QED) is 0.503. The molecule has 0 amide bonds. The number of hydrogen-bond donors (Lipinski definition) is 1. The third kappa shape index (κ3) is 1.50. The monoisotopic (exact) mass is 129 g/mol. The van der Waals surface area contributed by atoms with Crippen molar-refractivity contribution in [1.29, 1.82) is 0 Å². The molecule has 1 aliphatic rings. The Morgan fingerprint density at radius 2 is 2.44 bits per heavy atom. The standard InChI is InChI=1S/C6H11NO2/c1-6(2)4-9-5(3-8)7-6/h3,5,7H,4H2,1-2H3. The molecule has 1 rings (SSSR count). The summed E-state index contributed by atoms with van der Waals surface area (Å²) < 4.78 is 5.04. The molecule has 0 spiro atoms. The van der Waals surface area contributed by atoms with E-state index in [0.717, 1.165) is 6.29 Å². The Morgan fingerprint density at radius 3 is 2.67 bits per heavy atom. The Hall–Kier alpha value is -0.410. The van der Waals surface area contributed by atoms with Crippen molar-refractivity contribution in [3.05, 3.63) is 0 Å². The predicted molar refractivity (Wildman–Crippen MR) is 33.0 cm³/mol. The highest BCUT2D eigenvalue weighted by molar-refractivity contribution is 5.56. The van der Waals surface area contributed by atoms with Crippen molar-refractivity contribution in [3.63, 3.8) is 0 Å². The highest BCUT2D eigenvalue weighted by Crippen LogP contribution is 2.11. The number of aldehydes is 1. The van der Waals surface area contributed by atoms with E-state index in [9.17, 15) is 4.79 Å². The van der Waals surface area contributed by atoms with Crippen LogP contribution in [-0.2, 0) is 9.53 Å². The lowest BCUT2D eigenvalue weighted by Gasteiger charge is -2.14. The smallest absolute Gasteiger partial charge is 0.165 e. The van der Waals surface area contributed by atoms with Gasteiger partial charge in [0.25, 0.3) is 0 Å². The molecule has 1 saturated heterocycles. The molecule has 0 bridgehead atoms.